The first-order valence-electron chi connectivity index (χ1n) is 5.57. The van der Waals surface area contributed by atoms with Crippen LogP contribution >= 0.6 is 12.4 Å². The molecule has 3 N–H and O–H groups in total. The lowest BCUT2D eigenvalue weighted by Crippen LogP contribution is -2.41. The summed E-state index contributed by atoms with van der Waals surface area (Å²) in [4.78, 5) is 12.0. The van der Waals surface area contributed by atoms with Crippen molar-refractivity contribution in [1.82, 2.24) is 20.8 Å². The van der Waals surface area contributed by atoms with Crippen molar-refractivity contribution >= 4 is 18.3 Å². The highest BCUT2D eigenvalue weighted by Crippen LogP contribution is 2.15. The van der Waals surface area contributed by atoms with Gasteiger partial charge in [0.2, 0.25) is 0 Å². The van der Waals surface area contributed by atoms with E-state index >= 15 is 0 Å². The SMILES string of the molecule is CC(C)(C)NC(=O)c1n[nH]c2c1CNCC2.Cl. The second-order valence-electron chi connectivity index (χ2n) is 5.16. The predicted octanol–water partition coefficient (Wildman–Crippen LogP) is 1.01. The quantitative estimate of drug-likeness (QED) is 0.704. The Labute approximate surface area is 107 Å². The largest absolute Gasteiger partial charge is 0.346 e. The highest BCUT2D eigenvalue weighted by molar-refractivity contribution is 5.94. The van der Waals surface area contributed by atoms with Gasteiger partial charge in [-0.25, -0.2) is 0 Å². The summed E-state index contributed by atoms with van der Waals surface area (Å²) in [7, 11) is 0. The third-order valence-electron chi connectivity index (χ3n) is 2.51. The number of halogens is 1. The highest BCUT2D eigenvalue weighted by Gasteiger charge is 2.24. The molecule has 1 aromatic rings. The monoisotopic (exact) mass is 258 g/mol. The Hall–Kier alpha value is -1.07. The third-order valence-corrected chi connectivity index (χ3v) is 2.51. The minimum atomic E-state index is -0.231. The van der Waals surface area contributed by atoms with Crippen LogP contribution in [-0.2, 0) is 13.0 Å². The molecule has 1 aliphatic rings. The van der Waals surface area contributed by atoms with Crippen molar-refractivity contribution in [3.8, 4) is 0 Å². The van der Waals surface area contributed by atoms with Crippen LogP contribution in [0.1, 0.15) is 42.5 Å². The van der Waals surface area contributed by atoms with Gasteiger partial charge in [-0.3, -0.25) is 9.89 Å². The molecule has 0 saturated heterocycles. The average Bonchev–Trinajstić information content (AvgIpc) is 2.58. The molecule has 2 rings (SSSR count). The summed E-state index contributed by atoms with van der Waals surface area (Å²) in [5.74, 6) is -0.103. The molecule has 0 aromatic carbocycles. The first-order valence-corrected chi connectivity index (χ1v) is 5.57. The average molecular weight is 259 g/mol. The molecular weight excluding hydrogens is 240 g/mol. The van der Waals surface area contributed by atoms with Crippen LogP contribution in [0, 0.1) is 0 Å². The number of H-pyrrole nitrogens is 1. The number of hydrogen-bond acceptors (Lipinski definition) is 3. The number of hydrogen-bond donors (Lipinski definition) is 3. The van der Waals surface area contributed by atoms with Crippen LogP contribution in [0.5, 0.6) is 0 Å². The zero-order chi connectivity index (χ0) is 11.8. The Morgan fingerprint density at radius 3 is 2.76 bits per heavy atom. The molecule has 1 aliphatic heterocycles. The van der Waals surface area contributed by atoms with Gasteiger partial charge in [0, 0.05) is 36.3 Å². The Balaban J connectivity index is 0.00000144. The Bertz CT molecular complexity index is 408. The Morgan fingerprint density at radius 2 is 2.12 bits per heavy atom. The molecule has 0 spiro atoms. The van der Waals surface area contributed by atoms with Gasteiger partial charge >= 0.3 is 0 Å². The van der Waals surface area contributed by atoms with Crippen molar-refractivity contribution in [3.05, 3.63) is 17.0 Å². The molecule has 0 unspecified atom stereocenters. The van der Waals surface area contributed by atoms with E-state index in [0.29, 0.717) is 5.69 Å². The van der Waals surface area contributed by atoms with Crippen LogP contribution in [0.3, 0.4) is 0 Å². The Kier molecular flexibility index (Phi) is 4.16. The number of carbonyl (C=O) groups is 1. The number of carbonyl (C=O) groups excluding carboxylic acids is 1. The fourth-order valence-corrected chi connectivity index (χ4v) is 1.81. The van der Waals surface area contributed by atoms with Crippen LogP contribution in [0.4, 0.5) is 0 Å². The number of fused-ring (bicyclic) bond motifs is 1. The predicted molar refractivity (Wildman–Crippen MR) is 68.5 cm³/mol. The molecular formula is C11H19ClN4O. The zero-order valence-corrected chi connectivity index (χ0v) is 11.2. The van der Waals surface area contributed by atoms with Gasteiger partial charge < -0.3 is 10.6 Å². The molecule has 0 fully saturated rings. The molecule has 0 bridgehead atoms. The Morgan fingerprint density at radius 1 is 1.41 bits per heavy atom. The molecule has 0 aliphatic carbocycles. The molecule has 6 heteroatoms. The number of rotatable bonds is 1. The summed E-state index contributed by atoms with van der Waals surface area (Å²) in [6.07, 6.45) is 0.908. The van der Waals surface area contributed by atoms with Crippen molar-refractivity contribution in [1.29, 1.82) is 0 Å². The van der Waals surface area contributed by atoms with E-state index in [1.54, 1.807) is 0 Å². The summed E-state index contributed by atoms with van der Waals surface area (Å²) in [6, 6.07) is 0. The second-order valence-corrected chi connectivity index (χ2v) is 5.16. The van der Waals surface area contributed by atoms with Crippen LogP contribution < -0.4 is 10.6 Å². The van der Waals surface area contributed by atoms with E-state index in [1.807, 2.05) is 20.8 Å². The minimum Gasteiger partial charge on any atom is -0.346 e. The van der Waals surface area contributed by atoms with Gasteiger partial charge in [0.15, 0.2) is 5.69 Å². The maximum absolute atomic E-state index is 12.0. The van der Waals surface area contributed by atoms with Crippen LogP contribution in [-0.4, -0.2) is 28.2 Å². The van der Waals surface area contributed by atoms with E-state index < -0.39 is 0 Å². The van der Waals surface area contributed by atoms with Gasteiger partial charge in [0.05, 0.1) is 0 Å². The number of nitrogens with one attached hydrogen (secondary N) is 3. The molecule has 17 heavy (non-hydrogen) atoms. The van der Waals surface area contributed by atoms with E-state index in [0.717, 1.165) is 30.8 Å². The molecule has 0 radical (unpaired) electrons. The van der Waals surface area contributed by atoms with E-state index in [1.165, 1.54) is 0 Å². The first-order chi connectivity index (χ1) is 7.47. The van der Waals surface area contributed by atoms with Gasteiger partial charge in [-0.2, -0.15) is 5.10 Å². The van der Waals surface area contributed by atoms with Gasteiger partial charge in [0.1, 0.15) is 0 Å². The topological polar surface area (TPSA) is 69.8 Å². The molecule has 2 heterocycles. The van der Waals surface area contributed by atoms with Crippen molar-refractivity contribution < 1.29 is 4.79 Å². The summed E-state index contributed by atoms with van der Waals surface area (Å²) in [5.41, 5.74) is 2.38. The number of aromatic nitrogens is 2. The van der Waals surface area contributed by atoms with Gasteiger partial charge in [-0.05, 0) is 20.8 Å². The van der Waals surface area contributed by atoms with E-state index in [9.17, 15) is 4.79 Å². The summed E-state index contributed by atoms with van der Waals surface area (Å²) in [5, 5.41) is 13.2. The van der Waals surface area contributed by atoms with Crippen molar-refractivity contribution in [2.24, 2.45) is 0 Å². The van der Waals surface area contributed by atoms with Gasteiger partial charge in [0.25, 0.3) is 5.91 Å². The minimum absolute atomic E-state index is 0. The van der Waals surface area contributed by atoms with Crippen LogP contribution in [0.15, 0.2) is 0 Å². The third kappa shape index (κ3) is 3.20. The highest BCUT2D eigenvalue weighted by atomic mass is 35.5. The summed E-state index contributed by atoms with van der Waals surface area (Å²) < 4.78 is 0. The molecule has 1 aromatic heterocycles. The standard InChI is InChI=1S/C11H18N4O.ClH/c1-11(2,3)13-10(16)9-7-6-12-5-4-8(7)14-15-9;/h12H,4-6H2,1-3H3,(H,13,16)(H,14,15);1H. The van der Waals surface area contributed by atoms with E-state index in [4.69, 9.17) is 0 Å². The van der Waals surface area contributed by atoms with Crippen molar-refractivity contribution in [2.75, 3.05) is 6.54 Å². The lowest BCUT2D eigenvalue weighted by Gasteiger charge is -2.20. The lowest BCUT2D eigenvalue weighted by molar-refractivity contribution is 0.0913. The molecule has 96 valence electrons. The molecule has 1 amide bonds. The fraction of sp³-hybridized carbons (Fsp3) is 0.636. The fourth-order valence-electron chi connectivity index (χ4n) is 1.81. The van der Waals surface area contributed by atoms with Crippen LogP contribution in [0.2, 0.25) is 0 Å². The second kappa shape index (κ2) is 5.06. The normalized spacial score (nSPS) is 14.8. The maximum Gasteiger partial charge on any atom is 0.272 e. The van der Waals surface area contributed by atoms with E-state index in [-0.39, 0.29) is 23.9 Å². The van der Waals surface area contributed by atoms with Gasteiger partial charge in [-0.1, -0.05) is 0 Å². The summed E-state index contributed by atoms with van der Waals surface area (Å²) >= 11 is 0. The van der Waals surface area contributed by atoms with Crippen molar-refractivity contribution in [3.63, 3.8) is 0 Å². The van der Waals surface area contributed by atoms with Crippen molar-refractivity contribution in [2.45, 2.75) is 39.3 Å². The number of aromatic amines is 1. The maximum atomic E-state index is 12.0. The molecule has 0 atom stereocenters. The van der Waals surface area contributed by atoms with E-state index in [2.05, 4.69) is 20.8 Å². The number of amides is 1. The smallest absolute Gasteiger partial charge is 0.272 e. The number of nitrogens with zero attached hydrogens (tertiary/aromatic N) is 1. The molecule has 5 nitrogen and oxygen atoms in total. The zero-order valence-electron chi connectivity index (χ0n) is 10.4. The van der Waals surface area contributed by atoms with Crippen LogP contribution in [0.25, 0.3) is 0 Å². The lowest BCUT2D eigenvalue weighted by atomic mass is 10.1. The van der Waals surface area contributed by atoms with Gasteiger partial charge in [-0.15, -0.1) is 12.4 Å². The first kappa shape index (κ1) is 14.0. The molecule has 0 saturated carbocycles. The summed E-state index contributed by atoms with van der Waals surface area (Å²) in [6.45, 7) is 7.54.